The van der Waals surface area contributed by atoms with Crippen LogP contribution in [0.2, 0.25) is 0 Å². The molecule has 5 heteroatoms. The summed E-state index contributed by atoms with van der Waals surface area (Å²) in [5.41, 5.74) is 0.647. The maximum Gasteiger partial charge on any atom is 0.393 e. The number of carbonyl (C=O) groups is 1. The first-order chi connectivity index (χ1) is 7.37. The topological polar surface area (TPSA) is 40.1 Å². The van der Waals surface area contributed by atoms with Crippen LogP contribution in [0.3, 0.4) is 0 Å². The third kappa shape index (κ3) is 4.63. The summed E-state index contributed by atoms with van der Waals surface area (Å²) in [4.78, 5) is 10.1. The van der Waals surface area contributed by atoms with Gasteiger partial charge in [-0.3, -0.25) is 0 Å². The van der Waals surface area contributed by atoms with Gasteiger partial charge in [0.25, 0.3) is 0 Å². The molecular formula is C11H8F3O2-. The molecule has 0 amide bonds. The fourth-order valence-electron chi connectivity index (χ4n) is 1.14. The zero-order valence-electron chi connectivity index (χ0n) is 8.12. The minimum absolute atomic E-state index is 0.137. The molecule has 0 aromatic heterocycles. The number of halogens is 3. The Hall–Kier alpha value is -1.78. The standard InChI is InChI=1S/C11H9F3O2/c12-11(13,14)7-9-3-1-8(2-4-9)5-6-10(15)16/h1-6H,7H2,(H,15,16)/p-1/b6-5+. The van der Waals surface area contributed by atoms with E-state index in [4.69, 9.17) is 0 Å². The van der Waals surface area contributed by atoms with Gasteiger partial charge in [-0.25, -0.2) is 0 Å². The second kappa shape index (κ2) is 4.83. The highest BCUT2D eigenvalue weighted by molar-refractivity contribution is 5.83. The lowest BCUT2D eigenvalue weighted by Gasteiger charge is -2.06. The van der Waals surface area contributed by atoms with Gasteiger partial charge >= 0.3 is 6.18 Å². The highest BCUT2D eigenvalue weighted by atomic mass is 19.4. The number of alkyl halides is 3. The lowest BCUT2D eigenvalue weighted by Crippen LogP contribution is -2.18. The van der Waals surface area contributed by atoms with Gasteiger partial charge in [-0.1, -0.05) is 30.3 Å². The summed E-state index contributed by atoms with van der Waals surface area (Å²) >= 11 is 0. The number of carbonyl (C=O) groups excluding carboxylic acids is 1. The molecule has 0 atom stereocenters. The largest absolute Gasteiger partial charge is 0.545 e. The first kappa shape index (κ1) is 12.3. The van der Waals surface area contributed by atoms with Crippen molar-refractivity contribution in [3.63, 3.8) is 0 Å². The third-order valence-electron chi connectivity index (χ3n) is 1.80. The molecule has 0 aliphatic carbocycles. The van der Waals surface area contributed by atoms with Crippen molar-refractivity contribution in [1.82, 2.24) is 0 Å². The number of benzene rings is 1. The van der Waals surface area contributed by atoms with E-state index in [0.717, 1.165) is 6.08 Å². The van der Waals surface area contributed by atoms with Crippen LogP contribution in [0.1, 0.15) is 11.1 Å². The van der Waals surface area contributed by atoms with E-state index < -0.39 is 18.6 Å². The third-order valence-corrected chi connectivity index (χ3v) is 1.80. The van der Waals surface area contributed by atoms with Crippen LogP contribution < -0.4 is 5.11 Å². The van der Waals surface area contributed by atoms with E-state index in [1.54, 1.807) is 0 Å². The van der Waals surface area contributed by atoms with Crippen LogP contribution in [-0.2, 0) is 11.2 Å². The molecule has 2 nitrogen and oxygen atoms in total. The number of carboxylic acids is 1. The van der Waals surface area contributed by atoms with Crippen molar-refractivity contribution in [2.45, 2.75) is 12.6 Å². The number of hydrogen-bond acceptors (Lipinski definition) is 2. The summed E-state index contributed by atoms with van der Waals surface area (Å²) in [6, 6.07) is 5.45. The average molecular weight is 229 g/mol. The zero-order chi connectivity index (χ0) is 12.2. The van der Waals surface area contributed by atoms with Crippen LogP contribution in [-0.4, -0.2) is 12.1 Å². The van der Waals surface area contributed by atoms with E-state index in [2.05, 4.69) is 0 Å². The Bertz CT molecular complexity index is 391. The molecule has 0 aliphatic heterocycles. The molecule has 0 saturated carbocycles. The highest BCUT2D eigenvalue weighted by Crippen LogP contribution is 2.21. The predicted octanol–water partition coefficient (Wildman–Crippen LogP) is 1.55. The molecule has 0 aliphatic rings. The lowest BCUT2D eigenvalue weighted by molar-refractivity contribution is -0.297. The Labute approximate surface area is 90.0 Å². The van der Waals surface area contributed by atoms with Crippen molar-refractivity contribution in [1.29, 1.82) is 0 Å². The summed E-state index contributed by atoms with van der Waals surface area (Å²) in [6.07, 6.45) is -3.15. The quantitative estimate of drug-likeness (QED) is 0.738. The lowest BCUT2D eigenvalue weighted by atomic mass is 10.1. The molecule has 0 fully saturated rings. The van der Waals surface area contributed by atoms with Crippen molar-refractivity contribution in [3.05, 3.63) is 41.5 Å². The van der Waals surface area contributed by atoms with E-state index in [9.17, 15) is 23.1 Å². The monoisotopic (exact) mass is 229 g/mol. The van der Waals surface area contributed by atoms with Crippen LogP contribution >= 0.6 is 0 Å². The minimum atomic E-state index is -4.23. The van der Waals surface area contributed by atoms with Gasteiger partial charge in [-0.2, -0.15) is 13.2 Å². The second-order valence-electron chi connectivity index (χ2n) is 3.19. The Morgan fingerprint density at radius 3 is 2.25 bits per heavy atom. The number of aliphatic carboxylic acids is 1. The van der Waals surface area contributed by atoms with Gasteiger partial charge in [0.1, 0.15) is 0 Å². The number of hydrogen-bond donors (Lipinski definition) is 0. The van der Waals surface area contributed by atoms with Gasteiger partial charge in [-0.05, 0) is 17.2 Å². The molecule has 16 heavy (non-hydrogen) atoms. The fraction of sp³-hybridized carbons (Fsp3) is 0.182. The molecule has 1 aromatic carbocycles. The van der Waals surface area contributed by atoms with Crippen molar-refractivity contribution in [3.8, 4) is 0 Å². The predicted molar refractivity (Wildman–Crippen MR) is 50.2 cm³/mol. The van der Waals surface area contributed by atoms with Crippen LogP contribution in [0.5, 0.6) is 0 Å². The van der Waals surface area contributed by atoms with Gasteiger partial charge < -0.3 is 9.90 Å². The van der Waals surface area contributed by atoms with Gasteiger partial charge in [0, 0.05) is 0 Å². The van der Waals surface area contributed by atoms with E-state index in [0.29, 0.717) is 5.56 Å². The average Bonchev–Trinajstić information content (AvgIpc) is 2.14. The summed E-state index contributed by atoms with van der Waals surface area (Å²) in [6.45, 7) is 0. The molecule has 0 bridgehead atoms. The van der Waals surface area contributed by atoms with Crippen LogP contribution in [0.15, 0.2) is 30.3 Å². The summed E-state index contributed by atoms with van der Waals surface area (Å²) < 4.78 is 36.0. The summed E-state index contributed by atoms with van der Waals surface area (Å²) in [7, 11) is 0. The van der Waals surface area contributed by atoms with Crippen molar-refractivity contribution in [2.75, 3.05) is 0 Å². The fourth-order valence-corrected chi connectivity index (χ4v) is 1.14. The molecule has 0 spiro atoms. The first-order valence-electron chi connectivity index (χ1n) is 4.41. The van der Waals surface area contributed by atoms with Gasteiger partial charge in [-0.15, -0.1) is 0 Å². The smallest absolute Gasteiger partial charge is 0.393 e. The molecule has 0 heterocycles. The van der Waals surface area contributed by atoms with Gasteiger partial charge in [0.15, 0.2) is 0 Å². The Morgan fingerprint density at radius 1 is 1.25 bits per heavy atom. The van der Waals surface area contributed by atoms with E-state index in [1.807, 2.05) is 0 Å². The van der Waals surface area contributed by atoms with Crippen LogP contribution in [0.25, 0.3) is 6.08 Å². The minimum Gasteiger partial charge on any atom is -0.545 e. The SMILES string of the molecule is O=C([O-])/C=C/c1ccc(CC(F)(F)F)cc1. The Balaban J connectivity index is 2.72. The molecule has 0 radical (unpaired) electrons. The maximum absolute atomic E-state index is 12.0. The van der Waals surface area contributed by atoms with Crippen molar-refractivity contribution >= 4 is 12.0 Å². The molecular weight excluding hydrogens is 221 g/mol. The van der Waals surface area contributed by atoms with Crippen LogP contribution in [0.4, 0.5) is 13.2 Å². The maximum atomic E-state index is 12.0. The van der Waals surface area contributed by atoms with Crippen molar-refractivity contribution in [2.24, 2.45) is 0 Å². The zero-order valence-corrected chi connectivity index (χ0v) is 8.12. The molecule has 86 valence electrons. The summed E-state index contributed by atoms with van der Waals surface area (Å²) in [5.74, 6) is -1.35. The van der Waals surface area contributed by atoms with Crippen LogP contribution in [0, 0.1) is 0 Å². The summed E-state index contributed by atoms with van der Waals surface area (Å²) in [5, 5.41) is 10.1. The van der Waals surface area contributed by atoms with Gasteiger partial charge in [0.05, 0.1) is 12.4 Å². The second-order valence-corrected chi connectivity index (χ2v) is 3.19. The van der Waals surface area contributed by atoms with E-state index in [1.165, 1.54) is 30.3 Å². The Kier molecular flexibility index (Phi) is 3.71. The first-order valence-corrected chi connectivity index (χ1v) is 4.41. The molecule has 0 unspecified atom stereocenters. The molecule has 1 aromatic rings. The normalized spacial score (nSPS) is 11.9. The van der Waals surface area contributed by atoms with Crippen molar-refractivity contribution < 1.29 is 23.1 Å². The molecule has 0 N–H and O–H groups in total. The molecule has 1 rings (SSSR count). The Morgan fingerprint density at radius 2 is 1.81 bits per heavy atom. The number of rotatable bonds is 3. The molecule has 0 saturated heterocycles. The highest BCUT2D eigenvalue weighted by Gasteiger charge is 2.27. The van der Waals surface area contributed by atoms with E-state index >= 15 is 0 Å². The number of carboxylic acid groups (broad SMARTS) is 1. The van der Waals surface area contributed by atoms with Gasteiger partial charge in [0.2, 0.25) is 0 Å². The van der Waals surface area contributed by atoms with E-state index in [-0.39, 0.29) is 5.56 Å².